The van der Waals surface area contributed by atoms with Crippen LogP contribution in [0.15, 0.2) is 11.6 Å². The topological polar surface area (TPSA) is 41.6 Å². The lowest BCUT2D eigenvalue weighted by Gasteiger charge is -2.46. The average Bonchev–Trinajstić information content (AvgIpc) is 3.01. The fourth-order valence-electron chi connectivity index (χ4n) is 6.07. The molecule has 1 saturated carbocycles. The number of unbranched alkanes of at least 4 members (excludes halogenated alkanes) is 2. The van der Waals surface area contributed by atoms with Gasteiger partial charge in [0.25, 0.3) is 0 Å². The summed E-state index contributed by atoms with van der Waals surface area (Å²) >= 11 is 0. The Morgan fingerprint density at radius 1 is 1.17 bits per heavy atom. The number of fused-ring (bicyclic) bond motifs is 2. The largest absolute Gasteiger partial charge is 0.461 e. The molecular formula is C26H46N2O2. The van der Waals surface area contributed by atoms with Crippen molar-refractivity contribution >= 4 is 5.97 Å². The molecule has 1 aliphatic heterocycles. The minimum absolute atomic E-state index is 0.00235. The van der Waals surface area contributed by atoms with E-state index >= 15 is 0 Å². The van der Waals surface area contributed by atoms with Crippen LogP contribution in [0.1, 0.15) is 85.5 Å². The average molecular weight is 419 g/mol. The van der Waals surface area contributed by atoms with Crippen LogP contribution >= 0.6 is 0 Å². The summed E-state index contributed by atoms with van der Waals surface area (Å²) in [7, 11) is 0. The highest BCUT2D eigenvalue weighted by Crippen LogP contribution is 2.53. The van der Waals surface area contributed by atoms with Gasteiger partial charge in [0.15, 0.2) is 0 Å². The van der Waals surface area contributed by atoms with Gasteiger partial charge in [-0.05, 0) is 76.0 Å². The fraction of sp³-hybridized carbons (Fsp3) is 0.885. The first-order chi connectivity index (χ1) is 14.5. The first-order valence-electron chi connectivity index (χ1n) is 12.8. The van der Waals surface area contributed by atoms with Crippen LogP contribution in [0.4, 0.5) is 0 Å². The molecule has 30 heavy (non-hydrogen) atoms. The lowest BCUT2D eigenvalue weighted by Crippen LogP contribution is -2.40. The van der Waals surface area contributed by atoms with Crippen molar-refractivity contribution in [3.63, 3.8) is 0 Å². The smallest absolute Gasteiger partial charge is 0.311 e. The Balaban J connectivity index is 1.48. The quantitative estimate of drug-likeness (QED) is 0.269. The number of esters is 1. The van der Waals surface area contributed by atoms with E-state index in [0.717, 1.165) is 32.5 Å². The van der Waals surface area contributed by atoms with Crippen molar-refractivity contribution in [2.45, 2.75) is 91.6 Å². The maximum atomic E-state index is 12.6. The number of rotatable bonds is 12. The molecule has 4 heteroatoms. The molecule has 0 aromatic rings. The molecule has 0 spiro atoms. The van der Waals surface area contributed by atoms with E-state index in [4.69, 9.17) is 4.74 Å². The van der Waals surface area contributed by atoms with Crippen LogP contribution in [0.5, 0.6) is 0 Å². The lowest BCUT2D eigenvalue weighted by molar-refractivity contribution is -0.145. The van der Waals surface area contributed by atoms with Crippen LogP contribution in [0.25, 0.3) is 0 Å². The number of nitrogens with one attached hydrogen (secondary N) is 1. The lowest BCUT2D eigenvalue weighted by atomic mass is 9.59. The zero-order valence-electron chi connectivity index (χ0n) is 20.0. The van der Waals surface area contributed by atoms with Crippen LogP contribution in [0.2, 0.25) is 0 Å². The van der Waals surface area contributed by atoms with E-state index < -0.39 is 0 Å². The molecule has 3 rings (SSSR count). The number of hydrogen-bond acceptors (Lipinski definition) is 4. The minimum atomic E-state index is -0.00235. The van der Waals surface area contributed by atoms with Crippen LogP contribution in [0.3, 0.4) is 0 Å². The number of hydrogen-bond donors (Lipinski definition) is 1. The second-order valence-electron chi connectivity index (χ2n) is 10.4. The van der Waals surface area contributed by atoms with Crippen molar-refractivity contribution in [2.75, 3.05) is 32.7 Å². The van der Waals surface area contributed by atoms with Crippen molar-refractivity contribution in [1.82, 2.24) is 10.2 Å². The maximum Gasteiger partial charge on any atom is 0.311 e. The van der Waals surface area contributed by atoms with Crippen molar-refractivity contribution in [2.24, 2.45) is 23.2 Å². The van der Waals surface area contributed by atoms with Crippen molar-refractivity contribution in [3.05, 3.63) is 11.6 Å². The van der Waals surface area contributed by atoms with E-state index in [1.54, 1.807) is 5.57 Å². The van der Waals surface area contributed by atoms with Gasteiger partial charge < -0.3 is 15.0 Å². The molecule has 1 N–H and O–H groups in total. The van der Waals surface area contributed by atoms with Gasteiger partial charge in [0, 0.05) is 12.5 Å². The highest BCUT2D eigenvalue weighted by molar-refractivity contribution is 5.76. The SMILES string of the molecule is CCCCN(CCCC)CCCNC[C@@H]1C(=O)O[C@@H]2C[C@]3(C)CCC[C@H](C)C3=C[C@H]12. The molecule has 0 unspecified atom stereocenters. The second kappa shape index (κ2) is 11.1. The van der Waals surface area contributed by atoms with Crippen LogP contribution in [-0.4, -0.2) is 49.7 Å². The summed E-state index contributed by atoms with van der Waals surface area (Å²) in [6.45, 7) is 14.7. The second-order valence-corrected chi connectivity index (χ2v) is 10.4. The Morgan fingerprint density at radius 2 is 1.87 bits per heavy atom. The van der Waals surface area contributed by atoms with Gasteiger partial charge in [0.05, 0.1) is 5.92 Å². The molecule has 1 saturated heterocycles. The number of carbonyl (C=O) groups excluding carboxylic acids is 1. The summed E-state index contributed by atoms with van der Waals surface area (Å²) in [4.78, 5) is 15.3. The van der Waals surface area contributed by atoms with Gasteiger partial charge in [-0.1, -0.05) is 58.6 Å². The minimum Gasteiger partial charge on any atom is -0.461 e. The number of nitrogens with zero attached hydrogens (tertiary/aromatic N) is 1. The number of allylic oxidation sites excluding steroid dienone is 1. The van der Waals surface area contributed by atoms with Gasteiger partial charge in [-0.25, -0.2) is 0 Å². The van der Waals surface area contributed by atoms with Gasteiger partial charge >= 0.3 is 5.97 Å². The van der Waals surface area contributed by atoms with Crippen molar-refractivity contribution < 1.29 is 9.53 Å². The zero-order valence-corrected chi connectivity index (χ0v) is 20.0. The monoisotopic (exact) mass is 418 g/mol. The summed E-state index contributed by atoms with van der Waals surface area (Å²) in [6.07, 6.45) is 13.7. The van der Waals surface area contributed by atoms with Crippen LogP contribution in [0, 0.1) is 23.2 Å². The third-order valence-electron chi connectivity index (χ3n) is 7.93. The van der Waals surface area contributed by atoms with E-state index in [0.29, 0.717) is 5.92 Å². The molecule has 2 fully saturated rings. The summed E-state index contributed by atoms with van der Waals surface area (Å²) in [5.41, 5.74) is 1.86. The Hall–Kier alpha value is -0.870. The van der Waals surface area contributed by atoms with Gasteiger partial charge in [-0.2, -0.15) is 0 Å². The zero-order chi connectivity index (χ0) is 21.6. The van der Waals surface area contributed by atoms with E-state index in [1.165, 1.54) is 58.0 Å². The Morgan fingerprint density at radius 3 is 2.57 bits per heavy atom. The molecule has 0 bridgehead atoms. The molecule has 0 amide bonds. The molecule has 4 nitrogen and oxygen atoms in total. The molecule has 3 aliphatic rings. The maximum absolute atomic E-state index is 12.6. The molecule has 172 valence electrons. The predicted octanol–water partition coefficient (Wildman–Crippen LogP) is 5.18. The van der Waals surface area contributed by atoms with E-state index in [2.05, 4.69) is 44.0 Å². The fourth-order valence-corrected chi connectivity index (χ4v) is 6.07. The third-order valence-corrected chi connectivity index (χ3v) is 7.93. The third kappa shape index (κ3) is 5.68. The van der Waals surface area contributed by atoms with Crippen molar-refractivity contribution in [3.8, 4) is 0 Å². The first kappa shape index (κ1) is 23.8. The molecule has 5 atom stereocenters. The highest BCUT2D eigenvalue weighted by Gasteiger charge is 2.51. The number of ether oxygens (including phenoxy) is 1. The summed E-state index contributed by atoms with van der Waals surface area (Å²) in [5.74, 6) is 0.958. The standard InChI is InChI=1S/C26H46N2O2/c1-5-7-14-28(15-8-6-2)16-10-13-27-19-22-21-17-23-20(3)11-9-12-26(23,4)18-24(21)30-25(22)29/h17,20-22,24,27H,5-16,18-19H2,1-4H3/t20-,21+,22-,24+,26-/m0/s1. The van der Waals surface area contributed by atoms with E-state index in [9.17, 15) is 4.79 Å². The molecule has 1 heterocycles. The Labute approximate surface area is 185 Å². The van der Waals surface area contributed by atoms with Gasteiger partial charge in [-0.15, -0.1) is 0 Å². The summed E-state index contributed by atoms with van der Waals surface area (Å²) in [6, 6.07) is 0. The molecule has 0 aromatic heterocycles. The van der Waals surface area contributed by atoms with Crippen molar-refractivity contribution in [1.29, 1.82) is 0 Å². The Bertz CT molecular complexity index is 582. The number of carbonyl (C=O) groups is 1. The Kier molecular flexibility index (Phi) is 8.82. The highest BCUT2D eigenvalue weighted by atomic mass is 16.6. The first-order valence-corrected chi connectivity index (χ1v) is 12.8. The molecule has 0 aromatic carbocycles. The van der Waals surface area contributed by atoms with Gasteiger partial charge in [0.2, 0.25) is 0 Å². The van der Waals surface area contributed by atoms with Crippen LogP contribution in [-0.2, 0) is 9.53 Å². The van der Waals surface area contributed by atoms with E-state index in [-0.39, 0.29) is 29.3 Å². The normalized spacial score (nSPS) is 33.2. The summed E-state index contributed by atoms with van der Waals surface area (Å²) < 4.78 is 5.88. The van der Waals surface area contributed by atoms with Gasteiger partial charge in [-0.3, -0.25) is 4.79 Å². The molecular weight excluding hydrogens is 372 g/mol. The summed E-state index contributed by atoms with van der Waals surface area (Å²) in [5, 5.41) is 3.59. The van der Waals surface area contributed by atoms with E-state index in [1.807, 2.05) is 0 Å². The molecule has 2 aliphatic carbocycles. The van der Waals surface area contributed by atoms with Crippen LogP contribution < -0.4 is 5.32 Å². The predicted molar refractivity (Wildman–Crippen MR) is 124 cm³/mol. The molecule has 0 radical (unpaired) electrons. The van der Waals surface area contributed by atoms with Gasteiger partial charge in [0.1, 0.15) is 6.10 Å².